The molecule has 2 saturated carbocycles. The van der Waals surface area contributed by atoms with Gasteiger partial charge in [0.05, 0.1) is 6.10 Å². The fourth-order valence-corrected chi connectivity index (χ4v) is 5.28. The smallest absolute Gasteiger partial charge is 0.378 e. The summed E-state index contributed by atoms with van der Waals surface area (Å²) in [5, 5.41) is 6.75. The van der Waals surface area contributed by atoms with Gasteiger partial charge >= 0.3 is 6.18 Å². The third-order valence-electron chi connectivity index (χ3n) is 6.93. The van der Waals surface area contributed by atoms with Gasteiger partial charge in [-0.25, -0.2) is 9.50 Å². The van der Waals surface area contributed by atoms with E-state index in [1.54, 1.807) is 13.8 Å². The van der Waals surface area contributed by atoms with Crippen LogP contribution in [0.4, 0.5) is 13.2 Å². The number of carbonyl (C=O) groups excluding carboxylic acids is 1. The quantitative estimate of drug-likeness (QED) is 0.745. The molecule has 170 valence electrons. The lowest BCUT2D eigenvalue weighted by Crippen LogP contribution is -2.63. The summed E-state index contributed by atoms with van der Waals surface area (Å²) in [5.41, 5.74) is 1.86. The molecule has 0 saturated heterocycles. The molecule has 10 heteroatoms. The van der Waals surface area contributed by atoms with Crippen LogP contribution in [-0.4, -0.2) is 44.2 Å². The molecule has 1 spiro atoms. The van der Waals surface area contributed by atoms with Crippen LogP contribution in [0.5, 0.6) is 0 Å². The summed E-state index contributed by atoms with van der Waals surface area (Å²) in [7, 11) is 0. The van der Waals surface area contributed by atoms with Gasteiger partial charge in [-0.1, -0.05) is 12.8 Å². The summed E-state index contributed by atoms with van der Waals surface area (Å²) in [6.07, 6.45) is 1.53. The summed E-state index contributed by atoms with van der Waals surface area (Å²) in [4.78, 5) is 20.3. The summed E-state index contributed by atoms with van der Waals surface area (Å²) in [5.74, 6) is -1.36. The van der Waals surface area contributed by atoms with Gasteiger partial charge in [-0.05, 0) is 52.0 Å². The maximum atomic E-state index is 12.9. The van der Waals surface area contributed by atoms with Crippen LogP contribution in [0.25, 0.3) is 5.78 Å². The number of ether oxygens (including phenoxy) is 1. The van der Waals surface area contributed by atoms with Crippen LogP contribution < -0.4 is 5.32 Å². The molecular formula is C21H28F3N5O2. The van der Waals surface area contributed by atoms with Crippen molar-refractivity contribution in [3.8, 4) is 0 Å². The van der Waals surface area contributed by atoms with Crippen LogP contribution in [0.3, 0.4) is 0 Å². The predicted octanol–water partition coefficient (Wildman–Crippen LogP) is 3.55. The molecule has 2 aromatic heterocycles. The van der Waals surface area contributed by atoms with Gasteiger partial charge in [0.1, 0.15) is 0 Å². The minimum Gasteiger partial charge on any atom is -0.378 e. The van der Waals surface area contributed by atoms with Crippen molar-refractivity contribution < 1.29 is 22.7 Å². The summed E-state index contributed by atoms with van der Waals surface area (Å²) in [6.45, 7) is 6.07. The monoisotopic (exact) mass is 439 g/mol. The van der Waals surface area contributed by atoms with Gasteiger partial charge in [0.25, 0.3) is 11.6 Å². The fourth-order valence-electron chi connectivity index (χ4n) is 5.28. The Labute approximate surface area is 178 Å². The predicted molar refractivity (Wildman–Crippen MR) is 106 cm³/mol. The van der Waals surface area contributed by atoms with E-state index in [9.17, 15) is 18.0 Å². The van der Waals surface area contributed by atoms with Gasteiger partial charge in [0, 0.05) is 35.9 Å². The van der Waals surface area contributed by atoms with Crippen LogP contribution >= 0.6 is 0 Å². The van der Waals surface area contributed by atoms with Crippen LogP contribution in [0, 0.1) is 19.3 Å². The molecule has 1 N–H and O–H groups in total. The van der Waals surface area contributed by atoms with Gasteiger partial charge in [0.15, 0.2) is 0 Å². The first-order chi connectivity index (χ1) is 14.7. The Bertz CT molecular complexity index is 982. The number of carbonyl (C=O) groups is 1. The van der Waals surface area contributed by atoms with Gasteiger partial charge in [-0.3, -0.25) is 4.79 Å². The van der Waals surface area contributed by atoms with E-state index in [1.807, 2.05) is 6.92 Å². The number of nitrogens with zero attached hydrogens (tertiary/aromatic N) is 4. The minimum atomic E-state index is -4.63. The molecule has 2 unspecified atom stereocenters. The van der Waals surface area contributed by atoms with Crippen molar-refractivity contribution in [2.45, 2.75) is 84.0 Å². The largest absolute Gasteiger partial charge is 0.453 e. The number of aromatic nitrogens is 4. The zero-order chi connectivity index (χ0) is 22.4. The first kappa shape index (κ1) is 22.0. The number of halogens is 3. The third kappa shape index (κ3) is 3.90. The third-order valence-corrected chi connectivity index (χ3v) is 6.93. The highest BCUT2D eigenvalue weighted by atomic mass is 19.4. The first-order valence-electron chi connectivity index (χ1n) is 10.9. The van der Waals surface area contributed by atoms with Crippen molar-refractivity contribution in [1.29, 1.82) is 0 Å². The molecule has 2 aliphatic carbocycles. The molecule has 2 aromatic rings. The number of hydrogen-bond acceptors (Lipinski definition) is 5. The maximum Gasteiger partial charge on any atom is 0.453 e. The number of hydrogen-bond donors (Lipinski definition) is 1. The van der Waals surface area contributed by atoms with Crippen molar-refractivity contribution in [1.82, 2.24) is 24.9 Å². The SMILES string of the molecule is CCOC1CC(NC(=O)CCc2c(C)nc3nc(C(F)(F)F)nn3c2C)C12CCCC2. The summed E-state index contributed by atoms with van der Waals surface area (Å²) in [6, 6.07) is 0.131. The molecule has 0 aliphatic heterocycles. The second kappa shape index (κ2) is 8.03. The number of nitrogens with one attached hydrogen (secondary N) is 1. The van der Waals surface area contributed by atoms with Gasteiger partial charge in [-0.2, -0.15) is 18.2 Å². The van der Waals surface area contributed by atoms with Crippen molar-refractivity contribution in [2.24, 2.45) is 5.41 Å². The Hall–Kier alpha value is -2.23. The van der Waals surface area contributed by atoms with Crippen LogP contribution in [0.15, 0.2) is 0 Å². The lowest BCUT2D eigenvalue weighted by atomic mass is 9.60. The molecule has 2 atom stereocenters. The number of fused-ring (bicyclic) bond motifs is 1. The Morgan fingerprint density at radius 3 is 2.61 bits per heavy atom. The zero-order valence-electron chi connectivity index (χ0n) is 18.1. The molecule has 0 bridgehead atoms. The van der Waals surface area contributed by atoms with Crippen molar-refractivity contribution in [2.75, 3.05) is 6.61 Å². The van der Waals surface area contributed by atoms with E-state index in [2.05, 4.69) is 20.4 Å². The molecule has 2 heterocycles. The Kier molecular flexibility index (Phi) is 5.70. The van der Waals surface area contributed by atoms with Crippen molar-refractivity contribution in [3.63, 3.8) is 0 Å². The van der Waals surface area contributed by atoms with Crippen molar-refractivity contribution >= 4 is 11.7 Å². The van der Waals surface area contributed by atoms with Crippen molar-refractivity contribution in [3.05, 3.63) is 22.8 Å². The first-order valence-corrected chi connectivity index (χ1v) is 10.9. The lowest BCUT2D eigenvalue weighted by Gasteiger charge is -2.54. The maximum absolute atomic E-state index is 12.9. The van der Waals surface area contributed by atoms with E-state index in [-0.39, 0.29) is 35.7 Å². The normalized spacial score (nSPS) is 22.8. The summed E-state index contributed by atoms with van der Waals surface area (Å²) < 4.78 is 45.8. The number of aryl methyl sites for hydroxylation is 2. The van der Waals surface area contributed by atoms with Gasteiger partial charge in [0.2, 0.25) is 5.91 Å². The molecular weight excluding hydrogens is 411 g/mol. The van der Waals surface area contributed by atoms with E-state index in [4.69, 9.17) is 4.74 Å². The minimum absolute atomic E-state index is 0.0558. The molecule has 2 aliphatic rings. The van der Waals surface area contributed by atoms with E-state index < -0.39 is 12.0 Å². The topological polar surface area (TPSA) is 81.4 Å². The number of rotatable bonds is 6. The zero-order valence-corrected chi connectivity index (χ0v) is 18.1. The molecule has 4 rings (SSSR count). The lowest BCUT2D eigenvalue weighted by molar-refractivity contribution is -0.145. The van der Waals surface area contributed by atoms with E-state index in [0.29, 0.717) is 24.4 Å². The highest BCUT2D eigenvalue weighted by Gasteiger charge is 2.57. The van der Waals surface area contributed by atoms with E-state index in [1.165, 1.54) is 0 Å². The van der Waals surface area contributed by atoms with E-state index >= 15 is 0 Å². The standard InChI is InChI=1S/C21H28F3N5O2/c1-4-31-16-11-15(20(16)9-5-6-10-20)26-17(30)8-7-14-12(2)25-19-27-18(21(22,23)24)28-29(19)13(14)3/h15-16H,4-11H2,1-3H3,(H,26,30). The molecule has 31 heavy (non-hydrogen) atoms. The number of alkyl halides is 3. The van der Waals surface area contributed by atoms with Gasteiger partial charge < -0.3 is 10.1 Å². The van der Waals surface area contributed by atoms with Crippen LogP contribution in [0.1, 0.15) is 68.2 Å². The Morgan fingerprint density at radius 1 is 1.26 bits per heavy atom. The van der Waals surface area contributed by atoms with Gasteiger partial charge in [-0.15, -0.1) is 5.10 Å². The molecule has 1 amide bonds. The fraction of sp³-hybridized carbons (Fsp3) is 0.714. The molecule has 2 fully saturated rings. The molecule has 7 nitrogen and oxygen atoms in total. The average Bonchev–Trinajstić information content (AvgIpc) is 3.35. The second-order valence-electron chi connectivity index (χ2n) is 8.65. The van der Waals surface area contributed by atoms with Crippen LogP contribution in [-0.2, 0) is 22.1 Å². The van der Waals surface area contributed by atoms with Crippen LogP contribution in [0.2, 0.25) is 0 Å². The second-order valence-corrected chi connectivity index (χ2v) is 8.65. The van der Waals surface area contributed by atoms with E-state index in [0.717, 1.165) is 42.2 Å². The molecule has 0 aromatic carbocycles. The highest BCUT2D eigenvalue weighted by Crippen LogP contribution is 2.54. The number of amides is 1. The highest BCUT2D eigenvalue weighted by molar-refractivity contribution is 5.77. The molecule has 0 radical (unpaired) electrons. The average molecular weight is 439 g/mol. The Morgan fingerprint density at radius 2 is 1.97 bits per heavy atom. The summed E-state index contributed by atoms with van der Waals surface area (Å²) >= 11 is 0. The Balaban J connectivity index is 1.44.